The molecule has 1 atom stereocenters. The predicted molar refractivity (Wildman–Crippen MR) is 107 cm³/mol. The van der Waals surface area contributed by atoms with Gasteiger partial charge in [-0.15, -0.1) is 0 Å². The Balaban J connectivity index is 1.99. The molecule has 0 saturated heterocycles. The van der Waals surface area contributed by atoms with Crippen LogP contribution in [-0.4, -0.2) is 48.4 Å². The monoisotopic (exact) mass is 421 g/mol. The van der Waals surface area contributed by atoms with Crippen molar-refractivity contribution in [3.8, 4) is 11.5 Å². The summed E-state index contributed by atoms with van der Waals surface area (Å²) in [7, 11) is 4.35. The van der Waals surface area contributed by atoms with Crippen molar-refractivity contribution >= 4 is 23.6 Å². The molecule has 1 amide bonds. The maximum atomic E-state index is 12.4. The fourth-order valence-corrected chi connectivity index (χ4v) is 3.25. The molecule has 9 nitrogen and oxygen atoms in total. The molecule has 29 heavy (non-hydrogen) atoms. The van der Waals surface area contributed by atoms with E-state index in [2.05, 4.69) is 20.0 Å². The number of nitrogens with one attached hydrogen (secondary N) is 2. The second-order valence-corrected chi connectivity index (χ2v) is 7.29. The minimum atomic E-state index is -0.522. The Morgan fingerprint density at radius 2 is 1.90 bits per heavy atom. The second-order valence-electron chi connectivity index (χ2n) is 5.96. The number of hydrogen-bond acceptors (Lipinski definition) is 8. The van der Waals surface area contributed by atoms with Crippen molar-refractivity contribution in [3.05, 3.63) is 45.9 Å². The van der Waals surface area contributed by atoms with Gasteiger partial charge in [0.05, 0.1) is 38.7 Å². The van der Waals surface area contributed by atoms with E-state index in [9.17, 15) is 14.4 Å². The van der Waals surface area contributed by atoms with Crippen LogP contribution in [0.2, 0.25) is 0 Å². The highest BCUT2D eigenvalue weighted by molar-refractivity contribution is 8.00. The Hall–Kier alpha value is -3.01. The Morgan fingerprint density at radius 3 is 2.55 bits per heavy atom. The molecule has 2 rings (SSSR count). The summed E-state index contributed by atoms with van der Waals surface area (Å²) in [6.07, 6.45) is -0.117. The molecule has 0 bridgehead atoms. The standard InChI is InChI=1S/C19H23N3O6S/c1-11(29-19-21-13(8-16(23)22-19)9-17(24)28-4)18(25)20-10-12-5-6-14(26-2)15(7-12)27-3/h5-8,11H,9-10H2,1-4H3,(H,20,25)(H,21,22,23)/t11-/m0/s1. The molecule has 0 aliphatic heterocycles. The summed E-state index contributed by atoms with van der Waals surface area (Å²) in [6, 6.07) is 6.60. The van der Waals surface area contributed by atoms with Crippen molar-refractivity contribution in [3.63, 3.8) is 0 Å². The van der Waals surface area contributed by atoms with Crippen LogP contribution in [0.1, 0.15) is 18.2 Å². The summed E-state index contributed by atoms with van der Waals surface area (Å²) in [4.78, 5) is 42.3. The average Bonchev–Trinajstić information content (AvgIpc) is 2.70. The second kappa shape index (κ2) is 10.5. The maximum absolute atomic E-state index is 12.4. The van der Waals surface area contributed by atoms with E-state index in [0.29, 0.717) is 18.0 Å². The third-order valence-electron chi connectivity index (χ3n) is 3.90. The first-order valence-electron chi connectivity index (χ1n) is 8.68. The molecule has 0 spiro atoms. The topological polar surface area (TPSA) is 120 Å². The fourth-order valence-electron chi connectivity index (χ4n) is 2.39. The normalized spacial score (nSPS) is 11.4. The molecule has 0 unspecified atom stereocenters. The predicted octanol–water partition coefficient (Wildman–Crippen LogP) is 1.30. The Morgan fingerprint density at radius 1 is 1.17 bits per heavy atom. The number of methoxy groups -OCH3 is 3. The van der Waals surface area contributed by atoms with Gasteiger partial charge in [0.25, 0.3) is 5.56 Å². The molecule has 0 fully saturated rings. The molecule has 1 heterocycles. The third kappa shape index (κ3) is 6.53. The van der Waals surface area contributed by atoms with Crippen LogP contribution >= 0.6 is 11.8 Å². The van der Waals surface area contributed by atoms with E-state index in [-0.39, 0.29) is 23.2 Å². The first-order valence-corrected chi connectivity index (χ1v) is 9.56. The summed E-state index contributed by atoms with van der Waals surface area (Å²) in [5.74, 6) is 0.449. The van der Waals surface area contributed by atoms with Crippen LogP contribution in [0.4, 0.5) is 0 Å². The van der Waals surface area contributed by atoms with Gasteiger partial charge in [-0.05, 0) is 24.6 Å². The Kier molecular flexibility index (Phi) is 8.08. The maximum Gasteiger partial charge on any atom is 0.311 e. The SMILES string of the molecule is COC(=O)Cc1cc(=O)[nH]c(S[C@@H](C)C(=O)NCc2ccc(OC)c(OC)c2)n1. The molecule has 0 radical (unpaired) electrons. The van der Waals surface area contributed by atoms with Gasteiger partial charge in [-0.3, -0.25) is 14.4 Å². The summed E-state index contributed by atoms with van der Waals surface area (Å²) in [5.41, 5.74) is 0.722. The molecular weight excluding hydrogens is 398 g/mol. The van der Waals surface area contributed by atoms with E-state index in [4.69, 9.17) is 9.47 Å². The number of nitrogens with zero attached hydrogens (tertiary/aromatic N) is 1. The zero-order valence-electron chi connectivity index (χ0n) is 16.6. The first-order chi connectivity index (χ1) is 13.9. The van der Waals surface area contributed by atoms with Crippen molar-refractivity contribution in [2.24, 2.45) is 0 Å². The molecule has 10 heteroatoms. The van der Waals surface area contributed by atoms with Gasteiger partial charge in [-0.1, -0.05) is 17.8 Å². The summed E-state index contributed by atoms with van der Waals surface area (Å²) in [6.45, 7) is 2.00. The fraction of sp³-hybridized carbons (Fsp3) is 0.368. The Bertz CT molecular complexity index is 930. The summed E-state index contributed by atoms with van der Waals surface area (Å²) in [5, 5.41) is 2.56. The molecule has 0 saturated carbocycles. The largest absolute Gasteiger partial charge is 0.493 e. The molecular formula is C19H23N3O6S. The van der Waals surface area contributed by atoms with Gasteiger partial charge in [0.1, 0.15) is 0 Å². The molecule has 1 aromatic carbocycles. The van der Waals surface area contributed by atoms with Crippen molar-refractivity contribution in [2.75, 3.05) is 21.3 Å². The van der Waals surface area contributed by atoms with Gasteiger partial charge in [0.2, 0.25) is 5.91 Å². The van der Waals surface area contributed by atoms with Crippen LogP contribution in [0.3, 0.4) is 0 Å². The third-order valence-corrected chi connectivity index (χ3v) is 4.88. The number of esters is 1. The highest BCUT2D eigenvalue weighted by Crippen LogP contribution is 2.27. The number of thioether (sulfide) groups is 1. The number of benzene rings is 1. The van der Waals surface area contributed by atoms with Crippen molar-refractivity contribution in [1.82, 2.24) is 15.3 Å². The van der Waals surface area contributed by atoms with Crippen molar-refractivity contribution in [1.29, 1.82) is 0 Å². The zero-order valence-corrected chi connectivity index (χ0v) is 17.4. The lowest BCUT2D eigenvalue weighted by Gasteiger charge is -2.13. The lowest BCUT2D eigenvalue weighted by Crippen LogP contribution is -2.30. The van der Waals surface area contributed by atoms with E-state index in [1.807, 2.05) is 6.07 Å². The van der Waals surface area contributed by atoms with E-state index in [0.717, 1.165) is 17.3 Å². The zero-order chi connectivity index (χ0) is 21.4. The van der Waals surface area contributed by atoms with E-state index in [1.54, 1.807) is 33.3 Å². The van der Waals surface area contributed by atoms with E-state index in [1.165, 1.54) is 13.2 Å². The van der Waals surface area contributed by atoms with Crippen molar-refractivity contribution in [2.45, 2.75) is 30.3 Å². The van der Waals surface area contributed by atoms with Crippen LogP contribution in [0.5, 0.6) is 11.5 Å². The van der Waals surface area contributed by atoms with Crippen LogP contribution in [0, 0.1) is 0 Å². The van der Waals surface area contributed by atoms with Crippen LogP contribution < -0.4 is 20.3 Å². The highest BCUT2D eigenvalue weighted by atomic mass is 32.2. The number of aromatic amines is 1. The van der Waals surface area contributed by atoms with Gasteiger partial charge >= 0.3 is 5.97 Å². The summed E-state index contributed by atoms with van der Waals surface area (Å²) >= 11 is 1.09. The molecule has 1 aromatic heterocycles. The minimum absolute atomic E-state index is 0.117. The molecule has 2 aromatic rings. The quantitative estimate of drug-likeness (QED) is 0.353. The lowest BCUT2D eigenvalue weighted by atomic mass is 10.2. The van der Waals surface area contributed by atoms with Crippen LogP contribution in [0.15, 0.2) is 34.2 Å². The van der Waals surface area contributed by atoms with Crippen LogP contribution in [0.25, 0.3) is 0 Å². The van der Waals surface area contributed by atoms with Gasteiger partial charge < -0.3 is 24.5 Å². The number of rotatable bonds is 9. The van der Waals surface area contributed by atoms with E-state index >= 15 is 0 Å². The van der Waals surface area contributed by atoms with Crippen molar-refractivity contribution < 1.29 is 23.8 Å². The lowest BCUT2D eigenvalue weighted by molar-refractivity contribution is -0.139. The van der Waals surface area contributed by atoms with Gasteiger partial charge in [-0.2, -0.15) is 0 Å². The average molecular weight is 421 g/mol. The summed E-state index contributed by atoms with van der Waals surface area (Å²) < 4.78 is 15.0. The first kappa shape index (κ1) is 22.3. The molecule has 156 valence electrons. The number of hydrogen-bond donors (Lipinski definition) is 2. The number of H-pyrrole nitrogens is 1. The number of carbonyl (C=O) groups is 2. The molecule has 0 aliphatic rings. The highest BCUT2D eigenvalue weighted by Gasteiger charge is 2.17. The molecule has 2 N–H and O–H groups in total. The number of ether oxygens (including phenoxy) is 3. The van der Waals surface area contributed by atoms with Gasteiger partial charge in [0, 0.05) is 12.6 Å². The van der Waals surface area contributed by atoms with E-state index < -0.39 is 16.8 Å². The number of aromatic nitrogens is 2. The molecule has 0 aliphatic carbocycles. The number of amides is 1. The number of carbonyl (C=O) groups excluding carboxylic acids is 2. The Labute approximate surface area is 172 Å². The minimum Gasteiger partial charge on any atom is -0.493 e. The van der Waals surface area contributed by atoms with Gasteiger partial charge in [0.15, 0.2) is 16.7 Å². The smallest absolute Gasteiger partial charge is 0.311 e. The van der Waals surface area contributed by atoms with Gasteiger partial charge in [-0.25, -0.2) is 4.98 Å². The van der Waals surface area contributed by atoms with Crippen LogP contribution in [-0.2, 0) is 27.3 Å².